The molecule has 2 amide bonds. The van der Waals surface area contributed by atoms with Crippen LogP contribution >= 0.6 is 0 Å². The van der Waals surface area contributed by atoms with Crippen molar-refractivity contribution >= 4 is 17.6 Å². The van der Waals surface area contributed by atoms with Gasteiger partial charge in [-0.25, -0.2) is 17.9 Å². The number of nitrogens with two attached hydrogens (primary N) is 2. The van der Waals surface area contributed by atoms with E-state index in [2.05, 4.69) is 10.4 Å². The molecule has 0 unspecified atom stereocenters. The summed E-state index contributed by atoms with van der Waals surface area (Å²) in [4.78, 5) is 24.3. The minimum atomic E-state index is -0.936. The molecule has 0 aliphatic rings. The number of nitrogens with one attached hydrogen (secondary N) is 1. The van der Waals surface area contributed by atoms with Crippen molar-refractivity contribution in [2.24, 2.45) is 5.73 Å². The van der Waals surface area contributed by atoms with Gasteiger partial charge in [0.1, 0.15) is 40.3 Å². The van der Waals surface area contributed by atoms with E-state index in [4.69, 9.17) is 16.2 Å². The minimum Gasteiger partial charge on any atom is -0.496 e. The zero-order valence-corrected chi connectivity index (χ0v) is 18.1. The van der Waals surface area contributed by atoms with Gasteiger partial charge in [-0.1, -0.05) is 0 Å². The summed E-state index contributed by atoms with van der Waals surface area (Å²) in [6, 6.07) is 4.81. The number of carbonyl (C=O) groups excluding carboxylic acids is 2. The lowest BCUT2D eigenvalue weighted by atomic mass is 10.0. The van der Waals surface area contributed by atoms with Crippen LogP contribution in [-0.2, 0) is 6.54 Å². The van der Waals surface area contributed by atoms with E-state index in [1.807, 2.05) is 0 Å². The second-order valence-corrected chi connectivity index (χ2v) is 7.46. The number of carbonyl (C=O) groups is 2. The van der Waals surface area contributed by atoms with Crippen LogP contribution in [0.3, 0.4) is 0 Å². The maximum absolute atomic E-state index is 14.9. The van der Waals surface area contributed by atoms with Crippen molar-refractivity contribution in [1.82, 2.24) is 15.1 Å². The lowest BCUT2D eigenvalue weighted by molar-refractivity contribution is 0.0945. The van der Waals surface area contributed by atoms with E-state index >= 15 is 0 Å². The van der Waals surface area contributed by atoms with Crippen LogP contribution in [0.1, 0.15) is 46.2 Å². The molecule has 1 aromatic heterocycles. The Bertz CT molecular complexity index is 1240. The number of hydrogen-bond acceptors (Lipinski definition) is 5. The Labute approximate surface area is 187 Å². The molecule has 0 atom stereocenters. The summed E-state index contributed by atoms with van der Waals surface area (Å²) < 4.78 is 49.5. The monoisotopic (exact) mass is 461 g/mol. The number of hydrogen-bond donors (Lipinski definition) is 3. The maximum Gasteiger partial charge on any atom is 0.255 e. The van der Waals surface area contributed by atoms with E-state index in [1.54, 1.807) is 13.8 Å². The number of rotatable bonds is 7. The number of primary amides is 1. The lowest BCUT2D eigenvalue weighted by Gasteiger charge is -2.11. The predicted molar refractivity (Wildman–Crippen MR) is 115 cm³/mol. The van der Waals surface area contributed by atoms with Crippen molar-refractivity contribution in [3.05, 3.63) is 64.5 Å². The molecule has 0 radical (unpaired) electrons. The van der Waals surface area contributed by atoms with Gasteiger partial charge in [0.2, 0.25) is 0 Å². The van der Waals surface area contributed by atoms with Gasteiger partial charge in [0.25, 0.3) is 11.8 Å². The average molecular weight is 461 g/mol. The van der Waals surface area contributed by atoms with Crippen molar-refractivity contribution in [2.45, 2.75) is 26.4 Å². The molecule has 8 nitrogen and oxygen atoms in total. The number of methoxy groups -OCH3 is 1. The van der Waals surface area contributed by atoms with Gasteiger partial charge in [-0.2, -0.15) is 5.10 Å². The highest BCUT2D eigenvalue weighted by molar-refractivity contribution is 6.03. The summed E-state index contributed by atoms with van der Waals surface area (Å²) in [5.41, 5.74) is 10.3. The quantitative estimate of drug-likeness (QED) is 0.498. The van der Waals surface area contributed by atoms with E-state index < -0.39 is 35.8 Å². The highest BCUT2D eigenvalue weighted by Crippen LogP contribution is 2.32. The SMILES string of the molecule is COc1ccc(F)cc1C(=O)NCc1cc(F)c(-c2nn(C(C)C)c(N)c2C(N)=O)cc1F. The van der Waals surface area contributed by atoms with E-state index in [9.17, 15) is 22.8 Å². The fourth-order valence-corrected chi connectivity index (χ4v) is 3.31. The number of aromatic nitrogens is 2. The first-order chi connectivity index (χ1) is 15.5. The smallest absolute Gasteiger partial charge is 0.255 e. The van der Waals surface area contributed by atoms with Gasteiger partial charge in [-0.3, -0.25) is 9.59 Å². The molecular formula is C22H22F3N5O3. The van der Waals surface area contributed by atoms with Crippen LogP contribution in [0.4, 0.5) is 19.0 Å². The van der Waals surface area contributed by atoms with Crippen molar-refractivity contribution in [3.63, 3.8) is 0 Å². The van der Waals surface area contributed by atoms with Crippen LogP contribution < -0.4 is 21.5 Å². The first-order valence-corrected chi connectivity index (χ1v) is 9.82. The van der Waals surface area contributed by atoms with Crippen LogP contribution in [0, 0.1) is 17.5 Å². The summed E-state index contributed by atoms with van der Waals surface area (Å²) in [5, 5.41) is 6.53. The molecule has 0 saturated carbocycles. The highest BCUT2D eigenvalue weighted by atomic mass is 19.1. The predicted octanol–water partition coefficient (Wildman–Crippen LogP) is 3.17. The van der Waals surface area contributed by atoms with Crippen molar-refractivity contribution in [3.8, 4) is 17.0 Å². The molecule has 3 aromatic rings. The topological polar surface area (TPSA) is 125 Å². The molecule has 0 spiro atoms. The van der Waals surface area contributed by atoms with E-state index in [-0.39, 0.29) is 45.6 Å². The Morgan fingerprint density at radius 3 is 2.45 bits per heavy atom. The molecule has 0 bridgehead atoms. The number of nitrogens with zero attached hydrogens (tertiary/aromatic N) is 2. The fourth-order valence-electron chi connectivity index (χ4n) is 3.31. The number of halogens is 3. The Morgan fingerprint density at radius 1 is 1.15 bits per heavy atom. The molecule has 1 heterocycles. The standard InChI is InChI=1S/C22H22F3N5O3/c1-10(2)30-20(26)18(21(27)31)19(29-30)13-8-15(24)11(6-16(13)25)9-28-22(32)14-7-12(23)4-5-17(14)33-3/h4-8,10H,9,26H2,1-3H3,(H2,27,31)(H,28,32). The van der Waals surface area contributed by atoms with Crippen molar-refractivity contribution in [2.75, 3.05) is 12.8 Å². The molecule has 0 saturated heterocycles. The third-order valence-corrected chi connectivity index (χ3v) is 4.92. The van der Waals surface area contributed by atoms with Crippen LogP contribution in [0.2, 0.25) is 0 Å². The second-order valence-electron chi connectivity index (χ2n) is 7.46. The largest absolute Gasteiger partial charge is 0.496 e. The number of ether oxygens (including phenoxy) is 1. The highest BCUT2D eigenvalue weighted by Gasteiger charge is 2.26. The maximum atomic E-state index is 14.9. The molecular weight excluding hydrogens is 439 g/mol. The summed E-state index contributed by atoms with van der Waals surface area (Å²) in [6.45, 7) is 3.09. The van der Waals surface area contributed by atoms with E-state index in [0.29, 0.717) is 0 Å². The molecule has 0 aliphatic heterocycles. The molecule has 174 valence electrons. The molecule has 3 rings (SSSR count). The lowest BCUT2D eigenvalue weighted by Crippen LogP contribution is -2.24. The first kappa shape index (κ1) is 23.6. The minimum absolute atomic E-state index is 0.0623. The molecule has 5 N–H and O–H groups in total. The van der Waals surface area contributed by atoms with Gasteiger partial charge in [0.05, 0.1) is 12.7 Å². The zero-order chi connectivity index (χ0) is 24.4. The van der Waals surface area contributed by atoms with Gasteiger partial charge in [0.15, 0.2) is 0 Å². The van der Waals surface area contributed by atoms with E-state index in [0.717, 1.165) is 24.3 Å². The van der Waals surface area contributed by atoms with Gasteiger partial charge in [-0.15, -0.1) is 0 Å². The van der Waals surface area contributed by atoms with Gasteiger partial charge < -0.3 is 21.5 Å². The molecule has 2 aromatic carbocycles. The fraction of sp³-hybridized carbons (Fsp3) is 0.227. The zero-order valence-electron chi connectivity index (χ0n) is 18.1. The van der Waals surface area contributed by atoms with Crippen LogP contribution in [0.15, 0.2) is 30.3 Å². The van der Waals surface area contributed by atoms with Gasteiger partial charge in [0, 0.05) is 23.7 Å². The summed E-state index contributed by atoms with van der Waals surface area (Å²) in [5.74, 6) is -4.05. The van der Waals surface area contributed by atoms with Gasteiger partial charge in [-0.05, 0) is 44.2 Å². The number of anilines is 1. The first-order valence-electron chi connectivity index (χ1n) is 9.82. The normalized spacial score (nSPS) is 11.0. The molecule has 11 heteroatoms. The third-order valence-electron chi connectivity index (χ3n) is 4.92. The van der Waals surface area contributed by atoms with Crippen molar-refractivity contribution in [1.29, 1.82) is 0 Å². The van der Waals surface area contributed by atoms with Gasteiger partial charge >= 0.3 is 0 Å². The number of amides is 2. The number of benzene rings is 2. The Balaban J connectivity index is 1.92. The molecule has 0 aliphatic carbocycles. The second kappa shape index (κ2) is 9.23. The molecule has 33 heavy (non-hydrogen) atoms. The summed E-state index contributed by atoms with van der Waals surface area (Å²) in [6.07, 6.45) is 0. The van der Waals surface area contributed by atoms with E-state index in [1.165, 1.54) is 17.9 Å². The third kappa shape index (κ3) is 4.61. The van der Waals surface area contributed by atoms with Crippen molar-refractivity contribution < 1.29 is 27.5 Å². The Kier molecular flexibility index (Phi) is 6.61. The summed E-state index contributed by atoms with van der Waals surface area (Å²) in [7, 11) is 1.31. The van der Waals surface area contributed by atoms with Crippen LogP contribution in [0.5, 0.6) is 5.75 Å². The van der Waals surface area contributed by atoms with Crippen LogP contribution in [0.25, 0.3) is 11.3 Å². The number of nitrogen functional groups attached to an aromatic ring is 1. The average Bonchev–Trinajstić information content (AvgIpc) is 3.11. The van der Waals surface area contributed by atoms with Crippen LogP contribution in [-0.4, -0.2) is 28.7 Å². The Morgan fingerprint density at radius 2 is 1.85 bits per heavy atom. The summed E-state index contributed by atoms with van der Waals surface area (Å²) >= 11 is 0. The molecule has 0 fully saturated rings. The Hall–Kier alpha value is -4.02.